The molecule has 0 N–H and O–H groups in total. The van der Waals surface area contributed by atoms with Crippen molar-refractivity contribution in [2.75, 3.05) is 37.6 Å². The highest BCUT2D eigenvalue weighted by molar-refractivity contribution is 6.30. The molecule has 1 saturated heterocycles. The number of unbranched alkanes of at least 4 members (excludes halogenated alkanes) is 1. The van der Waals surface area contributed by atoms with Crippen LogP contribution in [0.2, 0.25) is 5.02 Å². The summed E-state index contributed by atoms with van der Waals surface area (Å²) in [6, 6.07) is 7.91. The Morgan fingerprint density at radius 2 is 1.85 bits per heavy atom. The third-order valence-electron chi connectivity index (χ3n) is 4.68. The van der Waals surface area contributed by atoms with E-state index in [2.05, 4.69) is 21.0 Å². The van der Waals surface area contributed by atoms with Gasteiger partial charge in [-0.15, -0.1) is 0 Å². The number of halogens is 1. The second kappa shape index (κ2) is 8.84. The van der Waals surface area contributed by atoms with Gasteiger partial charge < -0.3 is 4.90 Å². The Hall–Kier alpha value is -2.63. The monoisotopic (exact) mass is 388 g/mol. The quantitative estimate of drug-likeness (QED) is 0.686. The average molecular weight is 389 g/mol. The van der Waals surface area contributed by atoms with Gasteiger partial charge in [0.15, 0.2) is 6.19 Å². The lowest BCUT2D eigenvalue weighted by Crippen LogP contribution is -2.46. The van der Waals surface area contributed by atoms with E-state index in [1.165, 1.54) is 4.68 Å². The highest BCUT2D eigenvalue weighted by Gasteiger charge is 2.17. The molecule has 0 bridgehead atoms. The maximum absolute atomic E-state index is 11.9. The van der Waals surface area contributed by atoms with Crippen LogP contribution in [0, 0.1) is 11.5 Å². The molecule has 0 aliphatic carbocycles. The average Bonchev–Trinajstić information content (AvgIpc) is 2.67. The molecule has 1 aliphatic rings. The number of aromatic nitrogens is 3. The van der Waals surface area contributed by atoms with Crippen molar-refractivity contribution in [3.8, 4) is 6.19 Å². The molecular formula is C18H21ClN6O2. The van der Waals surface area contributed by atoms with Gasteiger partial charge >= 0.3 is 5.69 Å². The molecule has 142 valence electrons. The van der Waals surface area contributed by atoms with Crippen LogP contribution in [0.3, 0.4) is 0 Å². The molecule has 3 rings (SSSR count). The van der Waals surface area contributed by atoms with Crippen LogP contribution in [0.15, 0.2) is 40.1 Å². The summed E-state index contributed by atoms with van der Waals surface area (Å²) < 4.78 is 1.68. The van der Waals surface area contributed by atoms with E-state index in [4.69, 9.17) is 16.9 Å². The first kappa shape index (κ1) is 19.1. The molecular weight excluding hydrogens is 368 g/mol. The lowest BCUT2D eigenvalue weighted by atomic mass is 10.2. The molecule has 1 aromatic heterocycles. The van der Waals surface area contributed by atoms with Crippen molar-refractivity contribution in [2.24, 2.45) is 0 Å². The van der Waals surface area contributed by atoms with Crippen LogP contribution in [0.1, 0.15) is 12.8 Å². The minimum absolute atomic E-state index is 0.392. The molecule has 2 aromatic rings. The Labute approximate surface area is 161 Å². The van der Waals surface area contributed by atoms with E-state index in [1.807, 2.05) is 18.2 Å². The Morgan fingerprint density at radius 3 is 2.56 bits per heavy atom. The van der Waals surface area contributed by atoms with E-state index >= 15 is 0 Å². The fourth-order valence-electron chi connectivity index (χ4n) is 3.18. The van der Waals surface area contributed by atoms with Crippen molar-refractivity contribution >= 4 is 17.3 Å². The number of hydrogen-bond acceptors (Lipinski definition) is 6. The number of piperazine rings is 1. The SMILES string of the molecule is N#Cn1c(=O)cnn(CCCCN2CCN(c3cccc(Cl)c3)CC2)c1=O. The summed E-state index contributed by atoms with van der Waals surface area (Å²) in [4.78, 5) is 28.0. The molecule has 1 fully saturated rings. The standard InChI is InChI=1S/C18H21ClN6O2/c19-15-4-3-5-16(12-15)23-10-8-22(9-11-23)6-1-2-7-25-18(27)24(14-20)17(26)13-21-25/h3-5,12-13H,1-2,6-11H2. The molecule has 27 heavy (non-hydrogen) atoms. The Kier molecular flexibility index (Phi) is 6.27. The number of anilines is 1. The van der Waals surface area contributed by atoms with E-state index in [0.29, 0.717) is 11.1 Å². The lowest BCUT2D eigenvalue weighted by Gasteiger charge is -2.36. The van der Waals surface area contributed by atoms with Crippen molar-refractivity contribution in [2.45, 2.75) is 19.4 Å². The minimum atomic E-state index is -0.698. The maximum atomic E-state index is 11.9. The van der Waals surface area contributed by atoms with Gasteiger partial charge in [0, 0.05) is 43.4 Å². The number of rotatable bonds is 6. The van der Waals surface area contributed by atoms with E-state index < -0.39 is 11.2 Å². The first-order valence-corrected chi connectivity index (χ1v) is 9.28. The van der Waals surface area contributed by atoms with E-state index in [1.54, 1.807) is 6.19 Å². The largest absolute Gasteiger partial charge is 0.369 e. The number of hydrogen-bond donors (Lipinski definition) is 0. The lowest BCUT2D eigenvalue weighted by molar-refractivity contribution is 0.250. The minimum Gasteiger partial charge on any atom is -0.369 e. The highest BCUT2D eigenvalue weighted by Crippen LogP contribution is 2.20. The highest BCUT2D eigenvalue weighted by atomic mass is 35.5. The van der Waals surface area contributed by atoms with Gasteiger partial charge in [0.2, 0.25) is 0 Å². The van der Waals surface area contributed by atoms with Crippen molar-refractivity contribution in [1.82, 2.24) is 19.2 Å². The van der Waals surface area contributed by atoms with Crippen molar-refractivity contribution in [1.29, 1.82) is 5.26 Å². The van der Waals surface area contributed by atoms with E-state index in [-0.39, 0.29) is 0 Å². The van der Waals surface area contributed by atoms with Crippen molar-refractivity contribution in [3.63, 3.8) is 0 Å². The van der Waals surface area contributed by atoms with E-state index in [0.717, 1.165) is 62.5 Å². The summed E-state index contributed by atoms with van der Waals surface area (Å²) in [6.45, 7) is 5.19. The number of benzene rings is 1. The summed E-state index contributed by atoms with van der Waals surface area (Å²) in [6.07, 6.45) is 4.25. The number of nitrogens with zero attached hydrogens (tertiary/aromatic N) is 6. The van der Waals surface area contributed by atoms with E-state index in [9.17, 15) is 9.59 Å². The molecule has 0 spiro atoms. The smallest absolute Gasteiger partial charge is 0.361 e. The molecule has 0 atom stereocenters. The third kappa shape index (κ3) is 4.76. The third-order valence-corrected chi connectivity index (χ3v) is 4.92. The van der Waals surface area contributed by atoms with Crippen LogP contribution in [0.25, 0.3) is 0 Å². The van der Waals surface area contributed by atoms with Gasteiger partial charge in [0.25, 0.3) is 5.56 Å². The molecule has 0 saturated carbocycles. The van der Waals surface area contributed by atoms with Crippen LogP contribution in [-0.4, -0.2) is 52.0 Å². The molecule has 1 aromatic carbocycles. The molecule has 0 amide bonds. The normalized spacial score (nSPS) is 14.9. The summed E-state index contributed by atoms with van der Waals surface area (Å²) in [5.41, 5.74) is -0.225. The second-order valence-electron chi connectivity index (χ2n) is 6.44. The molecule has 2 heterocycles. The Bertz CT molecular complexity index is 940. The van der Waals surface area contributed by atoms with Crippen molar-refractivity contribution < 1.29 is 0 Å². The predicted octanol–water partition coefficient (Wildman–Crippen LogP) is 0.990. The van der Waals surface area contributed by atoms with Gasteiger partial charge in [-0.05, 0) is 37.6 Å². The van der Waals surface area contributed by atoms with Gasteiger partial charge in [-0.1, -0.05) is 17.7 Å². The fraction of sp³-hybridized carbons (Fsp3) is 0.444. The summed E-state index contributed by atoms with van der Waals surface area (Å²) >= 11 is 6.06. The molecule has 1 aliphatic heterocycles. The van der Waals surface area contributed by atoms with Crippen LogP contribution >= 0.6 is 11.6 Å². The molecule has 8 nitrogen and oxygen atoms in total. The van der Waals surface area contributed by atoms with Crippen LogP contribution in [-0.2, 0) is 6.54 Å². The van der Waals surface area contributed by atoms with Crippen LogP contribution in [0.4, 0.5) is 5.69 Å². The van der Waals surface area contributed by atoms with Gasteiger partial charge in [-0.2, -0.15) is 14.9 Å². The summed E-state index contributed by atoms with van der Waals surface area (Å²) in [5, 5.41) is 13.4. The second-order valence-corrected chi connectivity index (χ2v) is 6.88. The van der Waals surface area contributed by atoms with Crippen molar-refractivity contribution in [3.05, 3.63) is 56.3 Å². The first-order chi connectivity index (χ1) is 13.1. The van der Waals surface area contributed by atoms with Crippen LogP contribution in [0.5, 0.6) is 0 Å². The van der Waals surface area contributed by atoms with Gasteiger partial charge in [0.05, 0.1) is 0 Å². The zero-order chi connectivity index (χ0) is 19.2. The number of nitriles is 1. The first-order valence-electron chi connectivity index (χ1n) is 8.90. The van der Waals surface area contributed by atoms with Gasteiger partial charge in [-0.25, -0.2) is 9.48 Å². The molecule has 9 heteroatoms. The maximum Gasteiger partial charge on any atom is 0.361 e. The zero-order valence-electron chi connectivity index (χ0n) is 14.9. The summed E-state index contributed by atoms with van der Waals surface area (Å²) in [5.74, 6) is 0. The topological polar surface area (TPSA) is 87.2 Å². The molecule has 0 unspecified atom stereocenters. The summed E-state index contributed by atoms with van der Waals surface area (Å²) in [7, 11) is 0. The predicted molar refractivity (Wildman–Crippen MR) is 103 cm³/mol. The fourth-order valence-corrected chi connectivity index (χ4v) is 3.37. The zero-order valence-corrected chi connectivity index (χ0v) is 15.7. The van der Waals surface area contributed by atoms with Crippen LogP contribution < -0.4 is 16.1 Å². The van der Waals surface area contributed by atoms with Gasteiger partial charge in [0.1, 0.15) is 6.20 Å². The molecule has 0 radical (unpaired) electrons. The Morgan fingerprint density at radius 1 is 1.11 bits per heavy atom. The number of aryl methyl sites for hydroxylation is 1. The Balaban J connectivity index is 1.43. The van der Waals surface area contributed by atoms with Gasteiger partial charge in [-0.3, -0.25) is 9.69 Å².